The highest BCUT2D eigenvalue weighted by Crippen LogP contribution is 2.13. The number of rotatable bonds is 27. The molecule has 2 saturated heterocycles. The standard InChI is InChI=1S/C28H56N2O6/c1-32-27-22-29(23-27)14-6-2-8-16-33-18-10-4-12-20-35-26-30-24-28(25-30)36-21-13-5-11-19-34-17-9-3-7-15-31/h27-28,31H,2-26H2,1H3. The van der Waals surface area contributed by atoms with Gasteiger partial charge in [0.2, 0.25) is 0 Å². The first-order valence-electron chi connectivity index (χ1n) is 14.7. The summed E-state index contributed by atoms with van der Waals surface area (Å²) in [5.74, 6) is 0. The van der Waals surface area contributed by atoms with Gasteiger partial charge in [-0.05, 0) is 83.6 Å². The lowest BCUT2D eigenvalue weighted by atomic mass is 10.1. The van der Waals surface area contributed by atoms with E-state index in [1.807, 2.05) is 0 Å². The van der Waals surface area contributed by atoms with E-state index in [-0.39, 0.29) is 0 Å². The van der Waals surface area contributed by atoms with Crippen molar-refractivity contribution in [1.29, 1.82) is 0 Å². The molecule has 0 aliphatic carbocycles. The van der Waals surface area contributed by atoms with Crippen molar-refractivity contribution in [2.24, 2.45) is 0 Å². The predicted octanol–water partition coefficient (Wildman–Crippen LogP) is 3.70. The van der Waals surface area contributed by atoms with Gasteiger partial charge in [0, 0.05) is 79.5 Å². The van der Waals surface area contributed by atoms with Crippen LogP contribution in [0.4, 0.5) is 0 Å². The highest BCUT2D eigenvalue weighted by atomic mass is 16.5. The van der Waals surface area contributed by atoms with Crippen LogP contribution in [-0.2, 0) is 23.7 Å². The Morgan fingerprint density at radius 1 is 0.556 bits per heavy atom. The molecular weight excluding hydrogens is 460 g/mol. The average Bonchev–Trinajstić information content (AvgIpc) is 2.83. The summed E-state index contributed by atoms with van der Waals surface area (Å²) in [7, 11) is 1.80. The van der Waals surface area contributed by atoms with Gasteiger partial charge < -0.3 is 28.8 Å². The first-order chi connectivity index (χ1) is 17.8. The molecule has 214 valence electrons. The molecule has 2 aliphatic heterocycles. The number of aliphatic hydroxyl groups excluding tert-OH is 1. The van der Waals surface area contributed by atoms with Crippen molar-refractivity contribution in [1.82, 2.24) is 9.80 Å². The maximum absolute atomic E-state index is 8.73. The summed E-state index contributed by atoms with van der Waals surface area (Å²) < 4.78 is 28.4. The number of aliphatic hydroxyl groups is 1. The Morgan fingerprint density at radius 3 is 1.64 bits per heavy atom. The van der Waals surface area contributed by atoms with Crippen LogP contribution in [0.5, 0.6) is 0 Å². The molecule has 1 N–H and O–H groups in total. The highest BCUT2D eigenvalue weighted by molar-refractivity contribution is 4.80. The molecule has 0 unspecified atom stereocenters. The molecule has 2 aliphatic rings. The molecule has 2 rings (SSSR count). The third kappa shape index (κ3) is 16.5. The van der Waals surface area contributed by atoms with Gasteiger partial charge in [0.1, 0.15) is 0 Å². The normalized spacial score (nSPS) is 17.5. The number of unbranched alkanes of at least 4 members (excludes halogenated alkanes) is 8. The molecule has 8 heteroatoms. The van der Waals surface area contributed by atoms with Gasteiger partial charge in [-0.3, -0.25) is 9.80 Å². The third-order valence-electron chi connectivity index (χ3n) is 7.03. The lowest BCUT2D eigenvalue weighted by Gasteiger charge is -2.38. The Bertz CT molecular complexity index is 475. The molecule has 2 heterocycles. The van der Waals surface area contributed by atoms with E-state index in [1.54, 1.807) is 7.11 Å². The van der Waals surface area contributed by atoms with E-state index in [0.717, 1.165) is 124 Å². The smallest absolute Gasteiger partial charge is 0.0991 e. The van der Waals surface area contributed by atoms with Gasteiger partial charge in [0.15, 0.2) is 0 Å². The summed E-state index contributed by atoms with van der Waals surface area (Å²) in [5, 5.41) is 8.73. The highest BCUT2D eigenvalue weighted by Gasteiger charge is 2.27. The minimum atomic E-state index is 0.291. The minimum absolute atomic E-state index is 0.291. The van der Waals surface area contributed by atoms with Crippen molar-refractivity contribution >= 4 is 0 Å². The SMILES string of the molecule is COC1CN(CCCCCOCCCCCOCN2CC(OCCCCCOCCCCCO)C2)C1. The Labute approximate surface area is 220 Å². The van der Waals surface area contributed by atoms with Gasteiger partial charge in [-0.1, -0.05) is 0 Å². The van der Waals surface area contributed by atoms with E-state index < -0.39 is 0 Å². The van der Waals surface area contributed by atoms with Crippen LogP contribution in [0.25, 0.3) is 0 Å². The molecule has 0 aromatic heterocycles. The van der Waals surface area contributed by atoms with Crippen LogP contribution in [0.15, 0.2) is 0 Å². The first-order valence-corrected chi connectivity index (χ1v) is 14.7. The number of ether oxygens (including phenoxy) is 5. The van der Waals surface area contributed by atoms with Crippen LogP contribution in [0, 0.1) is 0 Å². The molecule has 0 spiro atoms. The molecule has 0 atom stereocenters. The zero-order valence-corrected chi connectivity index (χ0v) is 23.2. The molecule has 2 fully saturated rings. The Kier molecular flexibility index (Phi) is 20.1. The number of nitrogens with zero attached hydrogens (tertiary/aromatic N) is 2. The molecule has 0 aromatic rings. The summed E-state index contributed by atoms with van der Waals surface area (Å²) in [6.45, 7) is 11.6. The molecule has 0 aromatic carbocycles. The van der Waals surface area contributed by atoms with Crippen molar-refractivity contribution < 1.29 is 28.8 Å². The number of hydrogen-bond donors (Lipinski definition) is 1. The molecule has 0 amide bonds. The molecule has 0 saturated carbocycles. The number of likely N-dealkylation sites (tertiary alicyclic amines) is 2. The summed E-state index contributed by atoms with van der Waals surface area (Å²) in [4.78, 5) is 4.79. The van der Waals surface area contributed by atoms with Gasteiger partial charge in [0.05, 0.1) is 18.9 Å². The fourth-order valence-electron chi connectivity index (χ4n) is 4.51. The number of methoxy groups -OCH3 is 1. The Balaban J connectivity index is 1.19. The van der Waals surface area contributed by atoms with Crippen molar-refractivity contribution in [2.75, 3.05) is 92.8 Å². The third-order valence-corrected chi connectivity index (χ3v) is 7.03. The van der Waals surface area contributed by atoms with E-state index in [4.69, 9.17) is 28.8 Å². The number of hydrogen-bond acceptors (Lipinski definition) is 8. The molecule has 36 heavy (non-hydrogen) atoms. The molecule has 0 bridgehead atoms. The van der Waals surface area contributed by atoms with Crippen LogP contribution in [0.3, 0.4) is 0 Å². The maximum atomic E-state index is 8.73. The van der Waals surface area contributed by atoms with Gasteiger partial charge in [-0.2, -0.15) is 0 Å². The second-order valence-corrected chi connectivity index (χ2v) is 10.4. The summed E-state index contributed by atoms with van der Waals surface area (Å²) in [6, 6.07) is 0. The minimum Gasteiger partial charge on any atom is -0.396 e. The predicted molar refractivity (Wildman–Crippen MR) is 143 cm³/mol. The molecule has 0 radical (unpaired) electrons. The monoisotopic (exact) mass is 516 g/mol. The van der Waals surface area contributed by atoms with E-state index in [2.05, 4.69) is 9.80 Å². The van der Waals surface area contributed by atoms with Crippen molar-refractivity contribution in [3.05, 3.63) is 0 Å². The van der Waals surface area contributed by atoms with Crippen LogP contribution in [0.2, 0.25) is 0 Å². The van der Waals surface area contributed by atoms with E-state index in [0.29, 0.717) is 18.8 Å². The van der Waals surface area contributed by atoms with E-state index in [1.165, 1.54) is 32.2 Å². The zero-order valence-electron chi connectivity index (χ0n) is 23.2. The fourth-order valence-corrected chi connectivity index (χ4v) is 4.51. The molecular formula is C28H56N2O6. The lowest BCUT2D eigenvalue weighted by molar-refractivity contribution is -0.1000. The fraction of sp³-hybridized carbons (Fsp3) is 1.00. The van der Waals surface area contributed by atoms with Crippen molar-refractivity contribution in [3.63, 3.8) is 0 Å². The van der Waals surface area contributed by atoms with Gasteiger partial charge in [-0.15, -0.1) is 0 Å². The first kappa shape index (κ1) is 31.9. The second kappa shape index (κ2) is 22.6. The van der Waals surface area contributed by atoms with E-state index >= 15 is 0 Å². The molecule has 8 nitrogen and oxygen atoms in total. The summed E-state index contributed by atoms with van der Waals surface area (Å²) in [5.41, 5.74) is 0. The summed E-state index contributed by atoms with van der Waals surface area (Å²) >= 11 is 0. The van der Waals surface area contributed by atoms with Crippen LogP contribution < -0.4 is 0 Å². The maximum Gasteiger partial charge on any atom is 0.0991 e. The topological polar surface area (TPSA) is 72.9 Å². The average molecular weight is 517 g/mol. The Morgan fingerprint density at radius 2 is 1.06 bits per heavy atom. The lowest BCUT2D eigenvalue weighted by Crippen LogP contribution is -2.52. The van der Waals surface area contributed by atoms with Gasteiger partial charge >= 0.3 is 0 Å². The van der Waals surface area contributed by atoms with Crippen LogP contribution in [-0.4, -0.2) is 120 Å². The zero-order chi connectivity index (χ0) is 25.5. The van der Waals surface area contributed by atoms with Crippen molar-refractivity contribution in [2.45, 2.75) is 89.3 Å². The van der Waals surface area contributed by atoms with Gasteiger partial charge in [-0.25, -0.2) is 0 Å². The van der Waals surface area contributed by atoms with Crippen LogP contribution >= 0.6 is 0 Å². The summed E-state index contributed by atoms with van der Waals surface area (Å²) in [6.07, 6.45) is 14.3. The van der Waals surface area contributed by atoms with Crippen LogP contribution in [0.1, 0.15) is 77.0 Å². The van der Waals surface area contributed by atoms with E-state index in [9.17, 15) is 0 Å². The Hall–Kier alpha value is -0.320. The largest absolute Gasteiger partial charge is 0.396 e. The second-order valence-electron chi connectivity index (χ2n) is 10.4. The van der Waals surface area contributed by atoms with Gasteiger partial charge in [0.25, 0.3) is 0 Å². The van der Waals surface area contributed by atoms with Crippen molar-refractivity contribution in [3.8, 4) is 0 Å². The quantitative estimate of drug-likeness (QED) is 0.166.